The molecule has 0 bridgehead atoms. The average molecular weight is 491 g/mol. The maximum Gasteiger partial charge on any atom is 0.323 e. The summed E-state index contributed by atoms with van der Waals surface area (Å²) < 4.78 is 20.5. The number of nitrogens with one attached hydrogen (secondary N) is 2. The van der Waals surface area contributed by atoms with Crippen molar-refractivity contribution in [2.75, 3.05) is 33.3 Å². The van der Waals surface area contributed by atoms with E-state index >= 15 is 4.39 Å². The highest BCUT2D eigenvalue weighted by Gasteiger charge is 2.48. The van der Waals surface area contributed by atoms with Gasteiger partial charge in [-0.3, -0.25) is 9.69 Å². The number of ether oxygens (including phenoxy) is 1. The van der Waals surface area contributed by atoms with Crippen LogP contribution in [-0.2, 0) is 16.0 Å². The summed E-state index contributed by atoms with van der Waals surface area (Å²) in [6.45, 7) is 4.32. The summed E-state index contributed by atoms with van der Waals surface area (Å²) in [5, 5.41) is 4.96. The fraction of sp³-hybridized carbons (Fsp3) is 0.483. The SMILES string of the molecule is COC(=O)[C@@H]1Cc2c([nH]c3ccccc23)[C@H]2C[C@H](NCCN3CCCC3)C[C@@H](c3ccccc3F)N21. The van der Waals surface area contributed by atoms with Crippen LogP contribution in [0.3, 0.4) is 0 Å². The Morgan fingerprint density at radius 3 is 2.64 bits per heavy atom. The number of aromatic amines is 1. The highest BCUT2D eigenvalue weighted by Crippen LogP contribution is 2.49. The Kier molecular flexibility index (Phi) is 6.54. The van der Waals surface area contributed by atoms with E-state index in [0.717, 1.165) is 42.5 Å². The molecule has 0 spiro atoms. The fourth-order valence-electron chi connectivity index (χ4n) is 6.79. The van der Waals surface area contributed by atoms with Crippen molar-refractivity contribution in [2.24, 2.45) is 0 Å². The van der Waals surface area contributed by atoms with Crippen LogP contribution in [0, 0.1) is 5.82 Å². The Labute approximate surface area is 211 Å². The molecule has 0 radical (unpaired) electrons. The van der Waals surface area contributed by atoms with Gasteiger partial charge in [0.1, 0.15) is 11.9 Å². The lowest BCUT2D eigenvalue weighted by Crippen LogP contribution is -2.56. The van der Waals surface area contributed by atoms with E-state index in [-0.39, 0.29) is 29.9 Å². The molecule has 4 atom stereocenters. The van der Waals surface area contributed by atoms with Gasteiger partial charge in [-0.1, -0.05) is 36.4 Å². The van der Waals surface area contributed by atoms with Gasteiger partial charge in [0.2, 0.25) is 0 Å². The van der Waals surface area contributed by atoms with E-state index in [2.05, 4.69) is 32.2 Å². The van der Waals surface area contributed by atoms with Crippen LogP contribution in [0.2, 0.25) is 0 Å². The van der Waals surface area contributed by atoms with Crippen molar-refractivity contribution in [3.63, 3.8) is 0 Å². The number of methoxy groups -OCH3 is 1. The van der Waals surface area contributed by atoms with Gasteiger partial charge in [-0.15, -0.1) is 0 Å². The number of esters is 1. The van der Waals surface area contributed by atoms with Crippen LogP contribution in [0.25, 0.3) is 10.9 Å². The number of halogens is 1. The Bertz CT molecular complexity index is 1240. The molecule has 0 aliphatic carbocycles. The molecule has 3 aromatic rings. The predicted octanol–water partition coefficient (Wildman–Crippen LogP) is 4.34. The number of fused-ring (bicyclic) bond motifs is 5. The number of carbonyl (C=O) groups is 1. The third-order valence-corrected chi connectivity index (χ3v) is 8.47. The van der Waals surface area contributed by atoms with Gasteiger partial charge in [-0.2, -0.15) is 0 Å². The monoisotopic (exact) mass is 490 g/mol. The quantitative estimate of drug-likeness (QED) is 0.504. The third kappa shape index (κ3) is 4.23. The van der Waals surface area contributed by atoms with Crippen molar-refractivity contribution in [3.05, 3.63) is 71.2 Å². The smallest absolute Gasteiger partial charge is 0.323 e. The predicted molar refractivity (Wildman–Crippen MR) is 138 cm³/mol. The fourth-order valence-corrected chi connectivity index (χ4v) is 6.79. The molecule has 3 aliphatic heterocycles. The molecular formula is C29H35FN4O2. The van der Waals surface area contributed by atoms with Gasteiger partial charge in [0.25, 0.3) is 0 Å². The zero-order valence-corrected chi connectivity index (χ0v) is 20.9. The summed E-state index contributed by atoms with van der Waals surface area (Å²) in [4.78, 5) is 21.6. The number of nitrogens with zero attached hydrogens (tertiary/aromatic N) is 2. The van der Waals surface area contributed by atoms with E-state index in [4.69, 9.17) is 4.74 Å². The number of para-hydroxylation sites is 1. The molecule has 0 amide bonds. The second-order valence-electron chi connectivity index (χ2n) is 10.5. The van der Waals surface area contributed by atoms with Crippen LogP contribution in [0.4, 0.5) is 4.39 Å². The zero-order valence-electron chi connectivity index (χ0n) is 20.9. The van der Waals surface area contributed by atoms with E-state index in [1.165, 1.54) is 44.7 Å². The number of aromatic nitrogens is 1. The van der Waals surface area contributed by atoms with Crippen LogP contribution < -0.4 is 5.32 Å². The van der Waals surface area contributed by atoms with E-state index in [0.29, 0.717) is 12.0 Å². The van der Waals surface area contributed by atoms with Gasteiger partial charge < -0.3 is 19.9 Å². The Hall–Kier alpha value is -2.74. The van der Waals surface area contributed by atoms with Crippen LogP contribution >= 0.6 is 0 Å². The first-order valence-corrected chi connectivity index (χ1v) is 13.3. The highest BCUT2D eigenvalue weighted by atomic mass is 19.1. The lowest BCUT2D eigenvalue weighted by molar-refractivity contribution is -0.152. The van der Waals surface area contributed by atoms with Crippen molar-refractivity contribution in [3.8, 4) is 0 Å². The molecule has 7 heteroatoms. The summed E-state index contributed by atoms with van der Waals surface area (Å²) in [7, 11) is 1.45. The molecule has 2 aromatic carbocycles. The second-order valence-corrected chi connectivity index (χ2v) is 10.5. The standard InChI is InChI=1S/C29H35FN4O2/c1-36-29(35)27-18-22-20-8-3-5-11-24(20)32-28(22)26-17-19(31-12-15-33-13-6-7-14-33)16-25(34(26)27)21-9-2-4-10-23(21)30/h2-5,8-11,19,25-27,31-32H,6-7,12-18H2,1H3/t19-,25+,26-,27+/m1/s1. The van der Waals surface area contributed by atoms with Crippen molar-refractivity contribution in [2.45, 2.75) is 56.3 Å². The average Bonchev–Trinajstić information content (AvgIpc) is 3.56. The highest BCUT2D eigenvalue weighted by molar-refractivity contribution is 5.87. The Morgan fingerprint density at radius 2 is 1.83 bits per heavy atom. The topological polar surface area (TPSA) is 60.6 Å². The minimum absolute atomic E-state index is 0.0344. The van der Waals surface area contributed by atoms with Gasteiger partial charge in [-0.05, 0) is 56.5 Å². The maximum absolute atomic E-state index is 15.2. The Morgan fingerprint density at radius 1 is 1.08 bits per heavy atom. The van der Waals surface area contributed by atoms with Crippen LogP contribution in [-0.4, -0.2) is 66.1 Å². The normalized spacial score (nSPS) is 26.6. The van der Waals surface area contributed by atoms with Crippen LogP contribution in [0.1, 0.15) is 54.6 Å². The first kappa shape index (κ1) is 23.6. The summed E-state index contributed by atoms with van der Waals surface area (Å²) in [5.74, 6) is -0.470. The lowest BCUT2D eigenvalue weighted by Gasteiger charge is -2.50. The molecule has 1 aromatic heterocycles. The molecular weight excluding hydrogens is 455 g/mol. The number of piperidine rings is 1. The molecule has 0 saturated carbocycles. The summed E-state index contributed by atoms with van der Waals surface area (Å²) in [5.41, 5.74) is 4.08. The summed E-state index contributed by atoms with van der Waals surface area (Å²) in [6.07, 6.45) is 4.74. The molecule has 2 saturated heterocycles. The van der Waals surface area contributed by atoms with Crippen molar-refractivity contribution in [1.82, 2.24) is 20.1 Å². The number of carbonyl (C=O) groups excluding carboxylic acids is 1. The number of benzene rings is 2. The first-order chi connectivity index (χ1) is 17.6. The number of likely N-dealkylation sites (tertiary alicyclic amines) is 1. The summed E-state index contributed by atoms with van der Waals surface area (Å²) >= 11 is 0. The minimum Gasteiger partial charge on any atom is -0.468 e. The number of H-pyrrole nitrogens is 1. The molecule has 36 heavy (non-hydrogen) atoms. The first-order valence-electron chi connectivity index (χ1n) is 13.3. The van der Waals surface area contributed by atoms with Crippen molar-refractivity contribution in [1.29, 1.82) is 0 Å². The molecule has 190 valence electrons. The third-order valence-electron chi connectivity index (χ3n) is 8.47. The largest absolute Gasteiger partial charge is 0.468 e. The lowest BCUT2D eigenvalue weighted by atomic mass is 9.79. The molecule has 3 aliphatic rings. The molecule has 6 rings (SSSR count). The van der Waals surface area contributed by atoms with Gasteiger partial charge in [0.15, 0.2) is 0 Å². The molecule has 2 fully saturated rings. The van der Waals surface area contributed by atoms with Gasteiger partial charge in [0.05, 0.1) is 13.2 Å². The van der Waals surface area contributed by atoms with E-state index < -0.39 is 6.04 Å². The molecule has 0 unspecified atom stereocenters. The number of rotatable bonds is 6. The maximum atomic E-state index is 15.2. The molecule has 2 N–H and O–H groups in total. The summed E-state index contributed by atoms with van der Waals surface area (Å²) in [6, 6.07) is 14.8. The molecule has 6 nitrogen and oxygen atoms in total. The van der Waals surface area contributed by atoms with Gasteiger partial charge in [0, 0.05) is 53.8 Å². The van der Waals surface area contributed by atoms with Crippen molar-refractivity contribution >= 4 is 16.9 Å². The minimum atomic E-state index is -0.457. The number of hydrogen-bond donors (Lipinski definition) is 2. The number of hydrogen-bond acceptors (Lipinski definition) is 5. The van der Waals surface area contributed by atoms with Gasteiger partial charge in [-0.25, -0.2) is 4.39 Å². The zero-order chi connectivity index (χ0) is 24.6. The van der Waals surface area contributed by atoms with E-state index in [1.807, 2.05) is 24.3 Å². The van der Waals surface area contributed by atoms with E-state index in [1.54, 1.807) is 6.07 Å². The van der Waals surface area contributed by atoms with Gasteiger partial charge >= 0.3 is 5.97 Å². The Balaban J connectivity index is 1.39. The van der Waals surface area contributed by atoms with Crippen molar-refractivity contribution < 1.29 is 13.9 Å². The van der Waals surface area contributed by atoms with E-state index in [9.17, 15) is 4.79 Å². The van der Waals surface area contributed by atoms with Crippen LogP contribution in [0.15, 0.2) is 48.5 Å². The van der Waals surface area contributed by atoms with Crippen LogP contribution in [0.5, 0.6) is 0 Å². The molecule has 4 heterocycles. The second kappa shape index (κ2) is 9.96.